The molecule has 0 fully saturated rings. The molecule has 3 aromatic heterocycles. The van der Waals surface area contributed by atoms with Crippen LogP contribution < -0.4 is 5.32 Å². The third-order valence-corrected chi connectivity index (χ3v) is 4.79. The number of benzene rings is 1. The number of nitrogens with zero attached hydrogens (tertiary/aromatic N) is 5. The van der Waals surface area contributed by atoms with Crippen LogP contribution in [0.4, 0.5) is 0 Å². The fraction of sp³-hybridized carbons (Fsp3) is 0.316. The topological polar surface area (TPSA) is 101 Å². The van der Waals surface area contributed by atoms with Crippen LogP contribution >= 0.6 is 0 Å². The van der Waals surface area contributed by atoms with Gasteiger partial charge in [0.05, 0.1) is 17.1 Å². The van der Waals surface area contributed by atoms with Gasteiger partial charge in [-0.2, -0.15) is 10.1 Å². The Morgan fingerprint density at radius 1 is 1.26 bits per heavy atom. The van der Waals surface area contributed by atoms with Crippen molar-refractivity contribution in [1.29, 1.82) is 0 Å². The van der Waals surface area contributed by atoms with E-state index in [2.05, 4.69) is 30.4 Å². The second-order valence-electron chi connectivity index (χ2n) is 6.66. The second kappa shape index (κ2) is 6.79. The maximum atomic E-state index is 12.4. The van der Waals surface area contributed by atoms with Crippen LogP contribution in [0.2, 0.25) is 0 Å². The fourth-order valence-electron chi connectivity index (χ4n) is 3.32. The predicted molar refractivity (Wildman–Crippen MR) is 101 cm³/mol. The van der Waals surface area contributed by atoms with Gasteiger partial charge in [-0.1, -0.05) is 12.1 Å². The third-order valence-electron chi connectivity index (χ3n) is 4.79. The highest BCUT2D eigenvalue weighted by molar-refractivity contribution is 5.77. The number of aryl methyl sites for hydroxylation is 2. The van der Waals surface area contributed by atoms with Gasteiger partial charge in [0.2, 0.25) is 5.91 Å². The van der Waals surface area contributed by atoms with E-state index in [4.69, 9.17) is 0 Å². The number of amides is 1. The molecule has 138 valence electrons. The number of hydrogen-bond acceptors (Lipinski definition) is 5. The van der Waals surface area contributed by atoms with Crippen LogP contribution in [0.25, 0.3) is 16.8 Å². The maximum Gasteiger partial charge on any atom is 0.252 e. The van der Waals surface area contributed by atoms with Gasteiger partial charge < -0.3 is 10.3 Å². The Morgan fingerprint density at radius 3 is 2.89 bits per heavy atom. The standard InChI is InChI=1S/C19H21N7O/c1-11-14(13(3)26-19(23-11)20-10-21-26)8-9-17(27)22-12(2)18-24-15-6-4-5-7-16(15)25-18/h4-7,10,12H,8-9H2,1-3H3,(H,22,27)(H,24,25)/t12-/m0/s1. The van der Waals surface area contributed by atoms with Crippen molar-refractivity contribution in [2.75, 3.05) is 0 Å². The van der Waals surface area contributed by atoms with Gasteiger partial charge in [0, 0.05) is 17.8 Å². The largest absolute Gasteiger partial charge is 0.346 e. The average molecular weight is 363 g/mol. The maximum absolute atomic E-state index is 12.4. The Balaban J connectivity index is 1.43. The van der Waals surface area contributed by atoms with Gasteiger partial charge in [0.1, 0.15) is 12.2 Å². The van der Waals surface area contributed by atoms with Gasteiger partial charge in [0.25, 0.3) is 5.78 Å². The highest BCUT2D eigenvalue weighted by atomic mass is 16.1. The average Bonchev–Trinajstić information content (AvgIpc) is 3.27. The molecule has 0 aliphatic heterocycles. The summed E-state index contributed by atoms with van der Waals surface area (Å²) in [7, 11) is 0. The summed E-state index contributed by atoms with van der Waals surface area (Å²) in [5.74, 6) is 1.31. The summed E-state index contributed by atoms with van der Waals surface area (Å²) >= 11 is 0. The van der Waals surface area contributed by atoms with E-state index >= 15 is 0 Å². The molecule has 8 nitrogen and oxygen atoms in total. The van der Waals surface area contributed by atoms with Gasteiger partial charge in [-0.15, -0.1) is 0 Å². The molecule has 0 radical (unpaired) electrons. The number of carbonyl (C=O) groups excluding carboxylic acids is 1. The van der Waals surface area contributed by atoms with Crippen LogP contribution in [0, 0.1) is 13.8 Å². The van der Waals surface area contributed by atoms with E-state index in [9.17, 15) is 4.79 Å². The van der Waals surface area contributed by atoms with E-state index in [1.54, 1.807) is 4.52 Å². The van der Waals surface area contributed by atoms with Crippen LogP contribution in [0.5, 0.6) is 0 Å². The highest BCUT2D eigenvalue weighted by Gasteiger charge is 2.16. The van der Waals surface area contributed by atoms with Gasteiger partial charge in [0.15, 0.2) is 0 Å². The number of carbonyl (C=O) groups is 1. The molecule has 0 unspecified atom stereocenters. The molecule has 1 amide bonds. The normalized spacial score (nSPS) is 12.6. The molecule has 0 aliphatic carbocycles. The lowest BCUT2D eigenvalue weighted by Gasteiger charge is -2.13. The summed E-state index contributed by atoms with van der Waals surface area (Å²) in [4.78, 5) is 28.8. The Bertz CT molecular complexity index is 1090. The molecule has 3 heterocycles. The predicted octanol–water partition coefficient (Wildman–Crippen LogP) is 2.43. The van der Waals surface area contributed by atoms with Gasteiger partial charge in [-0.3, -0.25) is 4.79 Å². The van der Waals surface area contributed by atoms with Crippen molar-refractivity contribution in [2.24, 2.45) is 0 Å². The molecular weight excluding hydrogens is 342 g/mol. The molecule has 0 bridgehead atoms. The molecule has 4 rings (SSSR count). The van der Waals surface area contributed by atoms with Crippen molar-refractivity contribution in [1.82, 2.24) is 34.9 Å². The van der Waals surface area contributed by atoms with Crippen molar-refractivity contribution in [3.05, 3.63) is 53.4 Å². The first-order valence-corrected chi connectivity index (χ1v) is 8.92. The van der Waals surface area contributed by atoms with Crippen LogP contribution in [-0.2, 0) is 11.2 Å². The van der Waals surface area contributed by atoms with Crippen LogP contribution in [0.15, 0.2) is 30.6 Å². The molecule has 1 aromatic carbocycles. The van der Waals surface area contributed by atoms with Crippen molar-refractivity contribution in [3.63, 3.8) is 0 Å². The molecule has 27 heavy (non-hydrogen) atoms. The molecule has 0 aliphatic rings. The minimum Gasteiger partial charge on any atom is -0.346 e. The van der Waals surface area contributed by atoms with E-state index in [0.29, 0.717) is 18.6 Å². The van der Waals surface area contributed by atoms with E-state index in [0.717, 1.165) is 33.8 Å². The number of rotatable bonds is 5. The van der Waals surface area contributed by atoms with Crippen LogP contribution in [-0.4, -0.2) is 35.5 Å². The summed E-state index contributed by atoms with van der Waals surface area (Å²) in [5.41, 5.74) is 4.73. The Morgan fingerprint density at radius 2 is 2.07 bits per heavy atom. The second-order valence-corrected chi connectivity index (χ2v) is 6.66. The van der Waals surface area contributed by atoms with Crippen molar-refractivity contribution in [2.45, 2.75) is 39.7 Å². The summed E-state index contributed by atoms with van der Waals surface area (Å²) in [6, 6.07) is 7.63. The molecule has 1 atom stereocenters. The minimum absolute atomic E-state index is 0.0274. The number of imidazole rings is 1. The Kier molecular flexibility index (Phi) is 4.31. The summed E-state index contributed by atoms with van der Waals surface area (Å²) in [6.07, 6.45) is 2.45. The molecule has 4 aromatic rings. The Hall–Kier alpha value is -3.29. The quantitative estimate of drug-likeness (QED) is 0.567. The van der Waals surface area contributed by atoms with Crippen LogP contribution in [0.3, 0.4) is 0 Å². The minimum atomic E-state index is -0.192. The lowest BCUT2D eigenvalue weighted by atomic mass is 10.1. The first kappa shape index (κ1) is 17.1. The SMILES string of the molecule is Cc1nc2ncnn2c(C)c1CCC(=O)N[C@@H](C)c1nc2ccccc2[nH]1. The van der Waals surface area contributed by atoms with Crippen molar-refractivity contribution >= 4 is 22.7 Å². The van der Waals surface area contributed by atoms with E-state index < -0.39 is 0 Å². The lowest BCUT2D eigenvalue weighted by Crippen LogP contribution is -2.27. The smallest absolute Gasteiger partial charge is 0.252 e. The van der Waals surface area contributed by atoms with Gasteiger partial charge in [-0.25, -0.2) is 14.5 Å². The monoisotopic (exact) mass is 363 g/mol. The number of aromatic nitrogens is 6. The number of H-pyrrole nitrogens is 1. The van der Waals surface area contributed by atoms with Crippen LogP contribution in [0.1, 0.15) is 42.2 Å². The van der Waals surface area contributed by atoms with E-state index in [-0.39, 0.29) is 11.9 Å². The molecule has 8 heteroatoms. The highest BCUT2D eigenvalue weighted by Crippen LogP contribution is 2.17. The van der Waals surface area contributed by atoms with E-state index in [1.165, 1.54) is 6.33 Å². The summed E-state index contributed by atoms with van der Waals surface area (Å²) in [5, 5.41) is 7.20. The zero-order chi connectivity index (χ0) is 19.0. The summed E-state index contributed by atoms with van der Waals surface area (Å²) < 4.78 is 1.71. The number of para-hydroxylation sites is 2. The number of hydrogen-bond donors (Lipinski definition) is 2. The zero-order valence-corrected chi connectivity index (χ0v) is 15.5. The van der Waals surface area contributed by atoms with E-state index in [1.807, 2.05) is 45.0 Å². The van der Waals surface area contributed by atoms with Crippen molar-refractivity contribution in [3.8, 4) is 0 Å². The third kappa shape index (κ3) is 3.25. The van der Waals surface area contributed by atoms with Gasteiger partial charge >= 0.3 is 0 Å². The number of fused-ring (bicyclic) bond motifs is 2. The zero-order valence-electron chi connectivity index (χ0n) is 15.5. The first-order chi connectivity index (χ1) is 13.0. The molecule has 0 saturated heterocycles. The van der Waals surface area contributed by atoms with Gasteiger partial charge in [-0.05, 0) is 44.9 Å². The summed E-state index contributed by atoms with van der Waals surface area (Å²) in [6.45, 7) is 5.84. The van der Waals surface area contributed by atoms with Crippen molar-refractivity contribution < 1.29 is 4.79 Å². The lowest BCUT2D eigenvalue weighted by molar-refractivity contribution is -0.121. The molecular formula is C19H21N7O. The number of nitrogens with one attached hydrogen (secondary N) is 2. The fourth-order valence-corrected chi connectivity index (χ4v) is 3.32. The first-order valence-electron chi connectivity index (χ1n) is 8.92. The Labute approximate surface area is 156 Å². The molecule has 0 spiro atoms. The molecule has 2 N–H and O–H groups in total. The number of aromatic amines is 1. The molecule has 0 saturated carbocycles.